The number of nitrogens with zero attached hydrogens (tertiary/aromatic N) is 2. The predicted octanol–water partition coefficient (Wildman–Crippen LogP) is 5.25. The summed E-state index contributed by atoms with van der Waals surface area (Å²) in [6.07, 6.45) is 6.63. The Bertz CT molecular complexity index is 633. The molecule has 1 fully saturated rings. The summed E-state index contributed by atoms with van der Waals surface area (Å²) in [6, 6.07) is 8.36. The van der Waals surface area contributed by atoms with Gasteiger partial charge in [0.25, 0.3) is 0 Å². The van der Waals surface area contributed by atoms with Gasteiger partial charge in [0.05, 0.1) is 5.69 Å². The molecule has 0 spiro atoms. The number of aromatic nitrogens is 1. The Morgan fingerprint density at radius 3 is 2.55 bits per heavy atom. The van der Waals surface area contributed by atoms with Gasteiger partial charge in [0.2, 0.25) is 0 Å². The third-order valence-electron chi connectivity index (χ3n) is 3.91. The monoisotopic (exact) mass is 306 g/mol. The average Bonchev–Trinajstić information content (AvgIpc) is 2.83. The molecule has 1 heterocycles. The summed E-state index contributed by atoms with van der Waals surface area (Å²) in [4.78, 5) is 5.91. The molecule has 0 saturated heterocycles. The molecule has 0 atom stereocenters. The normalized spacial score (nSPS) is 17.6. The van der Waals surface area contributed by atoms with Gasteiger partial charge in [-0.25, -0.2) is 4.99 Å². The molecule has 0 radical (unpaired) electrons. The van der Waals surface area contributed by atoms with Crippen LogP contribution in [0.5, 0.6) is 0 Å². The van der Waals surface area contributed by atoms with Gasteiger partial charge in [0, 0.05) is 22.1 Å². The molecule has 1 saturated carbocycles. The Morgan fingerprint density at radius 1 is 1.15 bits per heavy atom. The molecule has 106 valence electrons. The van der Waals surface area contributed by atoms with Crippen molar-refractivity contribution in [2.75, 3.05) is 0 Å². The summed E-state index contributed by atoms with van der Waals surface area (Å²) in [6.45, 7) is 2.19. The van der Waals surface area contributed by atoms with Crippen LogP contribution in [0, 0.1) is 6.92 Å². The average molecular weight is 307 g/mol. The minimum atomic E-state index is 0.626. The summed E-state index contributed by atoms with van der Waals surface area (Å²) in [5.41, 5.74) is 2.30. The number of halogens is 1. The molecule has 0 aliphatic heterocycles. The van der Waals surface area contributed by atoms with E-state index in [4.69, 9.17) is 16.6 Å². The lowest BCUT2D eigenvalue weighted by atomic mass is 9.95. The van der Waals surface area contributed by atoms with Crippen LogP contribution in [-0.2, 0) is 0 Å². The summed E-state index contributed by atoms with van der Waals surface area (Å²) >= 11 is 7.66. The lowest BCUT2D eigenvalue weighted by molar-refractivity contribution is 0.344. The smallest absolute Gasteiger partial charge is 0.190 e. The molecule has 0 amide bonds. The highest BCUT2D eigenvalue weighted by Gasteiger charge is 2.17. The van der Waals surface area contributed by atoms with Crippen LogP contribution in [0.2, 0.25) is 5.02 Å². The lowest BCUT2D eigenvalue weighted by Crippen LogP contribution is -2.23. The van der Waals surface area contributed by atoms with Crippen LogP contribution >= 0.6 is 22.9 Å². The van der Waals surface area contributed by atoms with Crippen molar-refractivity contribution in [1.82, 2.24) is 4.57 Å². The lowest BCUT2D eigenvalue weighted by Gasteiger charge is -2.24. The number of thiazole rings is 1. The second kappa shape index (κ2) is 6.15. The van der Waals surface area contributed by atoms with Crippen molar-refractivity contribution in [1.29, 1.82) is 0 Å². The van der Waals surface area contributed by atoms with Crippen LogP contribution in [0.4, 0.5) is 5.69 Å². The molecule has 3 rings (SSSR count). The van der Waals surface area contributed by atoms with Crippen LogP contribution in [0.25, 0.3) is 0 Å². The first-order valence-electron chi connectivity index (χ1n) is 7.21. The summed E-state index contributed by atoms with van der Waals surface area (Å²) in [7, 11) is 0. The van der Waals surface area contributed by atoms with Gasteiger partial charge in [-0.15, -0.1) is 11.3 Å². The Morgan fingerprint density at radius 2 is 1.85 bits per heavy atom. The second-order valence-corrected chi connectivity index (χ2v) is 6.68. The summed E-state index contributed by atoms with van der Waals surface area (Å²) in [5, 5.41) is 2.97. The quantitative estimate of drug-likeness (QED) is 0.721. The highest BCUT2D eigenvalue weighted by Crippen LogP contribution is 2.28. The van der Waals surface area contributed by atoms with Crippen molar-refractivity contribution in [3.63, 3.8) is 0 Å². The van der Waals surface area contributed by atoms with E-state index in [1.807, 2.05) is 24.3 Å². The van der Waals surface area contributed by atoms with E-state index >= 15 is 0 Å². The van der Waals surface area contributed by atoms with Gasteiger partial charge >= 0.3 is 0 Å². The zero-order chi connectivity index (χ0) is 13.9. The van der Waals surface area contributed by atoms with Gasteiger partial charge in [0.15, 0.2) is 4.80 Å². The molecule has 20 heavy (non-hydrogen) atoms. The van der Waals surface area contributed by atoms with Crippen LogP contribution in [0.3, 0.4) is 0 Å². The van der Waals surface area contributed by atoms with E-state index in [2.05, 4.69) is 16.9 Å². The molecular weight excluding hydrogens is 288 g/mol. The number of rotatable bonds is 2. The maximum Gasteiger partial charge on any atom is 0.190 e. The minimum absolute atomic E-state index is 0.626. The molecule has 0 bridgehead atoms. The maximum atomic E-state index is 5.93. The van der Waals surface area contributed by atoms with Crippen molar-refractivity contribution in [2.24, 2.45) is 4.99 Å². The van der Waals surface area contributed by atoms with Gasteiger partial charge in [-0.05, 0) is 44.0 Å². The predicted molar refractivity (Wildman–Crippen MR) is 85.8 cm³/mol. The van der Waals surface area contributed by atoms with Crippen LogP contribution in [0.15, 0.2) is 34.6 Å². The van der Waals surface area contributed by atoms with Crippen molar-refractivity contribution in [2.45, 2.75) is 45.1 Å². The molecule has 2 aromatic rings. The van der Waals surface area contributed by atoms with E-state index in [1.165, 1.54) is 37.8 Å². The largest absolute Gasteiger partial charge is 0.318 e. The Kier molecular flexibility index (Phi) is 4.27. The molecule has 1 aromatic carbocycles. The first kappa shape index (κ1) is 13.9. The Hall–Kier alpha value is -1.06. The molecule has 1 aromatic heterocycles. The van der Waals surface area contributed by atoms with Crippen LogP contribution < -0.4 is 4.80 Å². The van der Waals surface area contributed by atoms with Gasteiger partial charge in [-0.1, -0.05) is 30.9 Å². The van der Waals surface area contributed by atoms with Gasteiger partial charge < -0.3 is 4.57 Å². The van der Waals surface area contributed by atoms with E-state index in [9.17, 15) is 0 Å². The highest BCUT2D eigenvalue weighted by atomic mass is 35.5. The Balaban J connectivity index is 1.99. The Labute approximate surface area is 128 Å². The molecule has 0 unspecified atom stereocenters. The fourth-order valence-electron chi connectivity index (χ4n) is 2.89. The zero-order valence-corrected chi connectivity index (χ0v) is 13.3. The molecule has 1 aliphatic carbocycles. The number of benzene rings is 1. The van der Waals surface area contributed by atoms with E-state index in [-0.39, 0.29) is 0 Å². The fraction of sp³-hybridized carbons (Fsp3) is 0.438. The van der Waals surface area contributed by atoms with E-state index in [1.54, 1.807) is 11.3 Å². The third-order valence-corrected chi connectivity index (χ3v) is 5.12. The minimum Gasteiger partial charge on any atom is -0.318 e. The fourth-order valence-corrected chi connectivity index (χ4v) is 3.97. The standard InChI is InChI=1S/C16H19ClN2S/c1-12-11-20-16(18-14-9-7-13(17)8-10-14)19(12)15-5-3-2-4-6-15/h7-11,15H,2-6H2,1H3. The maximum absolute atomic E-state index is 5.93. The number of hydrogen-bond donors (Lipinski definition) is 0. The molecule has 0 N–H and O–H groups in total. The van der Waals surface area contributed by atoms with E-state index in [0.717, 1.165) is 15.5 Å². The number of aryl methyl sites for hydroxylation is 1. The first-order chi connectivity index (χ1) is 9.74. The molecule has 1 aliphatic rings. The van der Waals surface area contributed by atoms with Crippen LogP contribution in [0.1, 0.15) is 43.8 Å². The van der Waals surface area contributed by atoms with Gasteiger partial charge in [-0.3, -0.25) is 0 Å². The van der Waals surface area contributed by atoms with E-state index in [0.29, 0.717) is 6.04 Å². The molecular formula is C16H19ClN2S. The zero-order valence-electron chi connectivity index (χ0n) is 11.7. The summed E-state index contributed by atoms with van der Waals surface area (Å²) in [5.74, 6) is 0. The SMILES string of the molecule is Cc1csc(=Nc2ccc(Cl)cc2)n1C1CCCCC1. The van der Waals surface area contributed by atoms with Gasteiger partial charge in [-0.2, -0.15) is 0 Å². The van der Waals surface area contributed by atoms with Crippen molar-refractivity contribution in [3.8, 4) is 0 Å². The highest BCUT2D eigenvalue weighted by molar-refractivity contribution is 7.07. The first-order valence-corrected chi connectivity index (χ1v) is 8.47. The van der Waals surface area contributed by atoms with Crippen LogP contribution in [-0.4, -0.2) is 4.57 Å². The van der Waals surface area contributed by atoms with Crippen molar-refractivity contribution < 1.29 is 0 Å². The van der Waals surface area contributed by atoms with E-state index < -0.39 is 0 Å². The summed E-state index contributed by atoms with van der Waals surface area (Å²) < 4.78 is 2.43. The molecule has 4 heteroatoms. The molecule has 2 nitrogen and oxygen atoms in total. The second-order valence-electron chi connectivity index (χ2n) is 5.41. The third kappa shape index (κ3) is 2.99. The van der Waals surface area contributed by atoms with Gasteiger partial charge in [0.1, 0.15) is 0 Å². The van der Waals surface area contributed by atoms with Crippen molar-refractivity contribution in [3.05, 3.63) is 45.2 Å². The topological polar surface area (TPSA) is 17.3 Å². The number of hydrogen-bond acceptors (Lipinski definition) is 2. The van der Waals surface area contributed by atoms with Crippen molar-refractivity contribution >= 4 is 28.6 Å².